The lowest BCUT2D eigenvalue weighted by atomic mass is 10.1. The van der Waals surface area contributed by atoms with Crippen LogP contribution in [0, 0.1) is 11.3 Å². The molecule has 3 heterocycles. The van der Waals surface area contributed by atoms with Crippen molar-refractivity contribution < 1.29 is 14.7 Å². The fourth-order valence-corrected chi connectivity index (χ4v) is 4.77. The third-order valence-corrected chi connectivity index (χ3v) is 6.21. The maximum absolute atomic E-state index is 13.0. The monoisotopic (exact) mass is 394 g/mol. The van der Waals surface area contributed by atoms with E-state index >= 15 is 0 Å². The summed E-state index contributed by atoms with van der Waals surface area (Å²) in [6.07, 6.45) is 4.44. The maximum atomic E-state index is 13.0. The number of likely N-dealkylation sites (tertiary alicyclic amines) is 2. The van der Waals surface area contributed by atoms with Gasteiger partial charge in [0.25, 0.3) is 0 Å². The Kier molecular flexibility index (Phi) is 5.43. The topological polar surface area (TPSA) is 100 Å². The minimum atomic E-state index is -0.995. The van der Waals surface area contributed by atoms with Gasteiger partial charge in [0.2, 0.25) is 5.91 Å². The second-order valence-electron chi connectivity index (χ2n) is 8.05. The van der Waals surface area contributed by atoms with Crippen LogP contribution in [0.5, 0.6) is 0 Å². The standard InChI is InChI=1S/C22H26N4O3/c23-10-9-15-5-8-19-16(13-15)14-17(24-19)6-7-18-3-1-11-25(18)21(27)20-4-2-12-26(20)22(28)29/h5,8,13-14,18,20,24H,1-4,6-7,9,11-12H2,(H,28,29)/t18-,20+/m0/s1. The minimum Gasteiger partial charge on any atom is -0.465 e. The van der Waals surface area contributed by atoms with Crippen molar-refractivity contribution in [1.82, 2.24) is 14.8 Å². The number of aromatic nitrogens is 1. The fraction of sp³-hybridized carbons (Fsp3) is 0.500. The molecule has 0 radical (unpaired) electrons. The van der Waals surface area contributed by atoms with Crippen LogP contribution in [0.2, 0.25) is 0 Å². The van der Waals surface area contributed by atoms with Gasteiger partial charge in [-0.3, -0.25) is 9.69 Å². The van der Waals surface area contributed by atoms with Crippen LogP contribution >= 0.6 is 0 Å². The molecule has 2 amide bonds. The van der Waals surface area contributed by atoms with Crippen molar-refractivity contribution in [2.24, 2.45) is 0 Å². The average Bonchev–Trinajstić information content (AvgIpc) is 3.43. The predicted octanol–water partition coefficient (Wildman–Crippen LogP) is 3.30. The number of hydrogen-bond donors (Lipinski definition) is 2. The number of aryl methyl sites for hydroxylation is 1. The number of nitrogens with one attached hydrogen (secondary N) is 1. The molecule has 2 N–H and O–H groups in total. The van der Waals surface area contributed by atoms with Crippen LogP contribution in [-0.4, -0.2) is 57.1 Å². The number of carbonyl (C=O) groups is 2. The van der Waals surface area contributed by atoms with Crippen LogP contribution < -0.4 is 0 Å². The van der Waals surface area contributed by atoms with Crippen LogP contribution in [0.25, 0.3) is 10.9 Å². The van der Waals surface area contributed by atoms with Crippen LogP contribution in [0.4, 0.5) is 4.79 Å². The van der Waals surface area contributed by atoms with Crippen molar-refractivity contribution in [2.45, 2.75) is 57.0 Å². The number of nitrogens with zero attached hydrogens (tertiary/aromatic N) is 3. The smallest absolute Gasteiger partial charge is 0.407 e. The molecule has 2 aliphatic rings. The molecule has 4 rings (SSSR count). The van der Waals surface area contributed by atoms with Gasteiger partial charge in [-0.2, -0.15) is 5.26 Å². The van der Waals surface area contributed by atoms with Crippen molar-refractivity contribution in [1.29, 1.82) is 5.26 Å². The predicted molar refractivity (Wildman–Crippen MR) is 108 cm³/mol. The number of H-pyrrole nitrogens is 1. The Morgan fingerprint density at radius 1 is 1.17 bits per heavy atom. The number of amides is 2. The Bertz CT molecular complexity index is 961. The van der Waals surface area contributed by atoms with E-state index in [1.54, 1.807) is 0 Å². The molecule has 0 bridgehead atoms. The van der Waals surface area contributed by atoms with E-state index in [2.05, 4.69) is 17.1 Å². The van der Waals surface area contributed by atoms with Gasteiger partial charge in [0.05, 0.1) is 12.5 Å². The molecular formula is C22H26N4O3. The van der Waals surface area contributed by atoms with Crippen LogP contribution in [0.3, 0.4) is 0 Å². The summed E-state index contributed by atoms with van der Waals surface area (Å²) in [5, 5.41) is 19.3. The molecular weight excluding hydrogens is 368 g/mol. The highest BCUT2D eigenvalue weighted by atomic mass is 16.4. The number of benzene rings is 1. The van der Waals surface area contributed by atoms with E-state index in [4.69, 9.17) is 5.26 Å². The summed E-state index contributed by atoms with van der Waals surface area (Å²) in [6, 6.07) is 9.98. The number of aromatic amines is 1. The first-order chi connectivity index (χ1) is 14.1. The average molecular weight is 394 g/mol. The van der Waals surface area contributed by atoms with Crippen molar-refractivity contribution in [3.05, 3.63) is 35.5 Å². The first-order valence-electron chi connectivity index (χ1n) is 10.3. The molecule has 1 aromatic heterocycles. The highest BCUT2D eigenvalue weighted by Gasteiger charge is 2.39. The summed E-state index contributed by atoms with van der Waals surface area (Å²) >= 11 is 0. The molecule has 1 aromatic carbocycles. The minimum absolute atomic E-state index is 0.0230. The first kappa shape index (κ1) is 19.3. The SMILES string of the molecule is N#CCc1ccc2[nH]c(CC[C@@H]3CCCN3C(=O)[C@H]3CCCN3C(=O)O)cc2c1. The fourth-order valence-electron chi connectivity index (χ4n) is 4.77. The van der Waals surface area contributed by atoms with Crippen molar-refractivity contribution >= 4 is 22.9 Å². The van der Waals surface area contributed by atoms with Gasteiger partial charge in [-0.15, -0.1) is 0 Å². The molecule has 2 saturated heterocycles. The highest BCUT2D eigenvalue weighted by Crippen LogP contribution is 2.27. The molecule has 152 valence electrons. The first-order valence-corrected chi connectivity index (χ1v) is 10.3. The molecule has 0 unspecified atom stereocenters. The van der Waals surface area contributed by atoms with Gasteiger partial charge in [0.1, 0.15) is 6.04 Å². The molecule has 0 spiro atoms. The molecule has 0 aliphatic carbocycles. The van der Waals surface area contributed by atoms with Gasteiger partial charge in [-0.05, 0) is 67.7 Å². The Morgan fingerprint density at radius 2 is 1.97 bits per heavy atom. The zero-order chi connectivity index (χ0) is 20.4. The maximum Gasteiger partial charge on any atom is 0.407 e. The second kappa shape index (κ2) is 8.16. The molecule has 2 atom stereocenters. The number of hydrogen-bond acceptors (Lipinski definition) is 3. The third-order valence-electron chi connectivity index (χ3n) is 6.21. The third kappa shape index (κ3) is 3.93. The van der Waals surface area contributed by atoms with Crippen molar-refractivity contribution in [2.75, 3.05) is 13.1 Å². The van der Waals surface area contributed by atoms with E-state index < -0.39 is 12.1 Å². The number of nitriles is 1. The van der Waals surface area contributed by atoms with E-state index in [1.807, 2.05) is 23.1 Å². The highest BCUT2D eigenvalue weighted by molar-refractivity contribution is 5.86. The van der Waals surface area contributed by atoms with E-state index in [0.29, 0.717) is 19.4 Å². The number of fused-ring (bicyclic) bond motifs is 1. The lowest BCUT2D eigenvalue weighted by Crippen LogP contribution is -2.49. The molecule has 2 fully saturated rings. The summed E-state index contributed by atoms with van der Waals surface area (Å²) in [7, 11) is 0. The summed E-state index contributed by atoms with van der Waals surface area (Å²) in [5.74, 6) is -0.0230. The molecule has 7 nitrogen and oxygen atoms in total. The Morgan fingerprint density at radius 3 is 2.76 bits per heavy atom. The molecule has 7 heteroatoms. The van der Waals surface area contributed by atoms with Crippen molar-refractivity contribution in [3.8, 4) is 6.07 Å². The molecule has 2 aliphatic heterocycles. The van der Waals surface area contributed by atoms with Gasteiger partial charge >= 0.3 is 6.09 Å². The molecule has 2 aromatic rings. The summed E-state index contributed by atoms with van der Waals surface area (Å²) in [4.78, 5) is 31.1. The van der Waals surface area contributed by atoms with Crippen molar-refractivity contribution in [3.63, 3.8) is 0 Å². The Hall–Kier alpha value is -3.01. The zero-order valence-corrected chi connectivity index (χ0v) is 16.4. The number of carbonyl (C=O) groups excluding carboxylic acids is 1. The van der Waals surface area contributed by atoms with E-state index in [9.17, 15) is 14.7 Å². The Balaban J connectivity index is 1.41. The van der Waals surface area contributed by atoms with Gasteiger partial charge in [0, 0.05) is 30.3 Å². The number of rotatable bonds is 5. The van der Waals surface area contributed by atoms with Gasteiger partial charge in [-0.1, -0.05) is 6.07 Å². The summed E-state index contributed by atoms with van der Waals surface area (Å²) in [5.41, 5.74) is 3.20. The van der Waals surface area contributed by atoms with E-state index in [0.717, 1.165) is 60.8 Å². The van der Waals surface area contributed by atoms with E-state index in [1.165, 1.54) is 4.90 Å². The molecule has 0 saturated carbocycles. The van der Waals surface area contributed by atoms with Gasteiger partial charge in [-0.25, -0.2) is 4.79 Å². The van der Waals surface area contributed by atoms with E-state index in [-0.39, 0.29) is 11.9 Å². The van der Waals surface area contributed by atoms with Gasteiger partial charge < -0.3 is 15.0 Å². The van der Waals surface area contributed by atoms with Gasteiger partial charge in [0.15, 0.2) is 0 Å². The van der Waals surface area contributed by atoms with Crippen LogP contribution in [0.15, 0.2) is 24.3 Å². The lowest BCUT2D eigenvalue weighted by molar-refractivity contribution is -0.136. The summed E-state index contributed by atoms with van der Waals surface area (Å²) < 4.78 is 0. The zero-order valence-electron chi connectivity index (χ0n) is 16.4. The molecule has 29 heavy (non-hydrogen) atoms. The largest absolute Gasteiger partial charge is 0.465 e. The Labute approximate surface area is 169 Å². The lowest BCUT2D eigenvalue weighted by Gasteiger charge is -2.30. The normalized spacial score (nSPS) is 21.6. The van der Waals surface area contributed by atoms with Crippen LogP contribution in [-0.2, 0) is 17.6 Å². The number of carboxylic acid groups (broad SMARTS) is 1. The van der Waals surface area contributed by atoms with Crippen LogP contribution in [0.1, 0.15) is 43.4 Å². The quantitative estimate of drug-likeness (QED) is 0.812. The summed E-state index contributed by atoms with van der Waals surface area (Å²) in [6.45, 7) is 1.17. The second-order valence-corrected chi connectivity index (χ2v) is 8.05.